The largest absolute Gasteiger partial charge is 0.398 e. The summed E-state index contributed by atoms with van der Waals surface area (Å²) in [4.78, 5) is 2.36. The lowest BCUT2D eigenvalue weighted by Gasteiger charge is -2.20. The van der Waals surface area contributed by atoms with E-state index in [4.69, 9.17) is 5.73 Å². The first-order chi connectivity index (χ1) is 9.24. The summed E-state index contributed by atoms with van der Waals surface area (Å²) < 4.78 is 27.4. The minimum atomic E-state index is -3.49. The van der Waals surface area contributed by atoms with Gasteiger partial charge in [0.15, 0.2) is 0 Å². The molecular weight excluding hydrogens is 342 g/mol. The average molecular weight is 364 g/mol. The van der Waals surface area contributed by atoms with E-state index in [2.05, 4.69) is 39.4 Å². The number of hydrogen-bond acceptors (Lipinski definition) is 4. The molecule has 114 valence electrons. The SMILES string of the molecule is CC(C)N(C)CCCNS(=O)(=O)c1ccc(Br)c(N)c1. The molecule has 0 radical (unpaired) electrons. The summed E-state index contributed by atoms with van der Waals surface area (Å²) in [6.45, 7) is 5.47. The van der Waals surface area contributed by atoms with Crippen LogP contribution in [0.2, 0.25) is 0 Å². The molecular formula is C13H22BrN3O2S. The van der Waals surface area contributed by atoms with Gasteiger partial charge in [-0.1, -0.05) is 0 Å². The summed E-state index contributed by atoms with van der Waals surface area (Å²) in [7, 11) is -1.46. The minimum absolute atomic E-state index is 0.190. The van der Waals surface area contributed by atoms with Gasteiger partial charge in [-0.05, 0) is 68.0 Å². The number of halogens is 1. The Balaban J connectivity index is 2.56. The van der Waals surface area contributed by atoms with Gasteiger partial charge in [0.25, 0.3) is 0 Å². The molecule has 0 fully saturated rings. The molecule has 0 spiro atoms. The number of nitrogens with two attached hydrogens (primary N) is 1. The van der Waals surface area contributed by atoms with Crippen molar-refractivity contribution < 1.29 is 8.42 Å². The molecule has 0 amide bonds. The summed E-state index contributed by atoms with van der Waals surface area (Å²) >= 11 is 3.24. The van der Waals surface area contributed by atoms with Gasteiger partial charge in [-0.15, -0.1) is 0 Å². The number of nitrogens with one attached hydrogen (secondary N) is 1. The van der Waals surface area contributed by atoms with Crippen LogP contribution < -0.4 is 10.5 Å². The molecule has 7 heteroatoms. The second kappa shape index (κ2) is 7.40. The number of hydrogen-bond donors (Lipinski definition) is 2. The van der Waals surface area contributed by atoms with Crippen molar-refractivity contribution in [2.75, 3.05) is 25.9 Å². The van der Waals surface area contributed by atoms with Crippen molar-refractivity contribution in [1.82, 2.24) is 9.62 Å². The Morgan fingerprint density at radius 2 is 2.05 bits per heavy atom. The van der Waals surface area contributed by atoms with E-state index < -0.39 is 10.0 Å². The normalized spacial score (nSPS) is 12.3. The van der Waals surface area contributed by atoms with Gasteiger partial charge in [-0.2, -0.15) is 0 Å². The topological polar surface area (TPSA) is 75.4 Å². The third-order valence-electron chi connectivity index (χ3n) is 3.14. The van der Waals surface area contributed by atoms with Gasteiger partial charge in [-0.25, -0.2) is 13.1 Å². The highest BCUT2D eigenvalue weighted by Crippen LogP contribution is 2.22. The maximum Gasteiger partial charge on any atom is 0.240 e. The lowest BCUT2D eigenvalue weighted by molar-refractivity contribution is 0.271. The van der Waals surface area contributed by atoms with E-state index in [1.807, 2.05) is 7.05 Å². The number of benzene rings is 1. The Morgan fingerprint density at radius 3 is 2.60 bits per heavy atom. The zero-order valence-corrected chi connectivity index (χ0v) is 14.5. The molecule has 0 heterocycles. The maximum atomic E-state index is 12.1. The smallest absolute Gasteiger partial charge is 0.240 e. The molecule has 1 rings (SSSR count). The van der Waals surface area contributed by atoms with Crippen LogP contribution in [-0.4, -0.2) is 39.5 Å². The Hall–Kier alpha value is -0.630. The maximum absolute atomic E-state index is 12.1. The van der Waals surface area contributed by atoms with E-state index >= 15 is 0 Å². The molecule has 0 bridgehead atoms. The fraction of sp³-hybridized carbons (Fsp3) is 0.538. The number of sulfonamides is 1. The number of rotatable bonds is 7. The fourth-order valence-electron chi connectivity index (χ4n) is 1.57. The van der Waals surface area contributed by atoms with Gasteiger partial charge in [0.2, 0.25) is 10.0 Å². The molecule has 1 aromatic carbocycles. The molecule has 0 unspecified atom stereocenters. The van der Waals surface area contributed by atoms with Crippen molar-refractivity contribution in [3.63, 3.8) is 0 Å². The van der Waals surface area contributed by atoms with E-state index in [9.17, 15) is 8.42 Å². The van der Waals surface area contributed by atoms with Crippen LogP contribution in [0.1, 0.15) is 20.3 Å². The summed E-state index contributed by atoms with van der Waals surface area (Å²) in [6, 6.07) is 5.07. The molecule has 0 aromatic heterocycles. The third kappa shape index (κ3) is 5.05. The molecule has 1 aromatic rings. The van der Waals surface area contributed by atoms with E-state index in [1.165, 1.54) is 12.1 Å². The highest BCUT2D eigenvalue weighted by Gasteiger charge is 2.14. The number of nitrogens with zero attached hydrogens (tertiary/aromatic N) is 1. The monoisotopic (exact) mass is 363 g/mol. The number of nitrogen functional groups attached to an aromatic ring is 1. The van der Waals surface area contributed by atoms with Crippen LogP contribution in [0, 0.1) is 0 Å². The summed E-state index contributed by atoms with van der Waals surface area (Å²) in [5.41, 5.74) is 6.11. The zero-order valence-electron chi connectivity index (χ0n) is 12.1. The summed E-state index contributed by atoms with van der Waals surface area (Å²) in [5, 5.41) is 0. The quantitative estimate of drug-likeness (QED) is 0.574. The van der Waals surface area contributed by atoms with Crippen molar-refractivity contribution in [1.29, 1.82) is 0 Å². The second-order valence-corrected chi connectivity index (χ2v) is 7.63. The third-order valence-corrected chi connectivity index (χ3v) is 5.32. The molecule has 3 N–H and O–H groups in total. The van der Waals surface area contributed by atoms with Crippen molar-refractivity contribution in [2.24, 2.45) is 0 Å². The Labute approximate surface area is 129 Å². The van der Waals surface area contributed by atoms with Crippen LogP contribution in [0.4, 0.5) is 5.69 Å². The first-order valence-corrected chi connectivity index (χ1v) is 8.76. The van der Waals surface area contributed by atoms with Crippen LogP contribution in [-0.2, 0) is 10.0 Å². The predicted octanol–water partition coefficient (Wildman–Crippen LogP) is 2.04. The molecule has 0 aliphatic rings. The lowest BCUT2D eigenvalue weighted by atomic mass is 10.3. The number of anilines is 1. The Bertz CT molecular complexity index is 547. The standard InChI is InChI=1S/C13H22BrN3O2S/c1-10(2)17(3)8-4-7-16-20(18,19)11-5-6-12(14)13(15)9-11/h5-6,9-10,16H,4,7-8,15H2,1-3H3. The highest BCUT2D eigenvalue weighted by atomic mass is 79.9. The van der Waals surface area contributed by atoms with E-state index in [0.717, 1.165) is 13.0 Å². The molecule has 0 aliphatic carbocycles. The van der Waals surface area contributed by atoms with Crippen molar-refractivity contribution in [3.8, 4) is 0 Å². The van der Waals surface area contributed by atoms with Gasteiger partial charge in [0.05, 0.1) is 4.90 Å². The van der Waals surface area contributed by atoms with Gasteiger partial charge in [-0.3, -0.25) is 0 Å². The van der Waals surface area contributed by atoms with Crippen molar-refractivity contribution in [3.05, 3.63) is 22.7 Å². The van der Waals surface area contributed by atoms with Crippen LogP contribution in [0.25, 0.3) is 0 Å². The zero-order chi connectivity index (χ0) is 15.3. The average Bonchev–Trinajstić information content (AvgIpc) is 2.37. The summed E-state index contributed by atoms with van der Waals surface area (Å²) in [6.07, 6.45) is 0.764. The van der Waals surface area contributed by atoms with Crippen LogP contribution in [0.15, 0.2) is 27.6 Å². The van der Waals surface area contributed by atoms with Gasteiger partial charge in [0, 0.05) is 22.7 Å². The van der Waals surface area contributed by atoms with Crippen molar-refractivity contribution in [2.45, 2.75) is 31.2 Å². The first kappa shape index (κ1) is 17.4. The van der Waals surface area contributed by atoms with E-state index in [1.54, 1.807) is 6.07 Å². The molecule has 0 saturated carbocycles. The van der Waals surface area contributed by atoms with Gasteiger partial charge < -0.3 is 10.6 Å². The lowest BCUT2D eigenvalue weighted by Crippen LogP contribution is -2.31. The van der Waals surface area contributed by atoms with E-state index in [-0.39, 0.29) is 4.90 Å². The Morgan fingerprint density at radius 1 is 1.40 bits per heavy atom. The predicted molar refractivity (Wildman–Crippen MR) is 86.1 cm³/mol. The van der Waals surface area contributed by atoms with Gasteiger partial charge >= 0.3 is 0 Å². The molecule has 0 atom stereocenters. The van der Waals surface area contributed by atoms with Crippen molar-refractivity contribution >= 4 is 31.6 Å². The van der Waals surface area contributed by atoms with E-state index in [0.29, 0.717) is 22.7 Å². The molecule has 0 aliphatic heterocycles. The van der Waals surface area contributed by atoms with Crippen LogP contribution in [0.5, 0.6) is 0 Å². The van der Waals surface area contributed by atoms with Crippen LogP contribution >= 0.6 is 15.9 Å². The summed E-state index contributed by atoms with van der Waals surface area (Å²) in [5.74, 6) is 0. The minimum Gasteiger partial charge on any atom is -0.398 e. The Kier molecular flexibility index (Phi) is 6.44. The van der Waals surface area contributed by atoms with Gasteiger partial charge in [0.1, 0.15) is 0 Å². The molecule has 0 saturated heterocycles. The molecule has 5 nitrogen and oxygen atoms in total. The fourth-order valence-corrected chi connectivity index (χ4v) is 2.92. The van der Waals surface area contributed by atoms with Crippen LogP contribution in [0.3, 0.4) is 0 Å². The second-order valence-electron chi connectivity index (χ2n) is 5.01. The first-order valence-electron chi connectivity index (χ1n) is 6.49. The molecule has 20 heavy (non-hydrogen) atoms. The highest BCUT2D eigenvalue weighted by molar-refractivity contribution is 9.10.